The Morgan fingerprint density at radius 3 is 2.55 bits per heavy atom. The standard InChI is InChI=1S/C17H26N2O/c1-13(18)17(20)8-10-19(11-9-17)16-7-6-14-4-2-3-5-15(14)12-16/h2-5,13,16,20H,6-12,18H2,1H3/t13-,16+/m0/s1. The van der Waals surface area contributed by atoms with E-state index in [1.807, 2.05) is 6.92 Å². The largest absolute Gasteiger partial charge is 0.388 e. The predicted molar refractivity (Wildman–Crippen MR) is 81.7 cm³/mol. The van der Waals surface area contributed by atoms with Gasteiger partial charge in [0.1, 0.15) is 0 Å². The number of hydrogen-bond acceptors (Lipinski definition) is 3. The third kappa shape index (κ3) is 2.62. The maximum Gasteiger partial charge on any atom is 0.0819 e. The zero-order valence-electron chi connectivity index (χ0n) is 12.4. The van der Waals surface area contributed by atoms with E-state index in [4.69, 9.17) is 5.73 Å². The first-order valence-corrected chi connectivity index (χ1v) is 7.87. The van der Waals surface area contributed by atoms with E-state index in [9.17, 15) is 5.11 Å². The van der Waals surface area contributed by atoms with Gasteiger partial charge in [0.2, 0.25) is 0 Å². The smallest absolute Gasteiger partial charge is 0.0819 e. The van der Waals surface area contributed by atoms with Crippen molar-refractivity contribution in [1.29, 1.82) is 0 Å². The second-order valence-corrected chi connectivity index (χ2v) is 6.59. The number of benzene rings is 1. The molecule has 0 unspecified atom stereocenters. The van der Waals surface area contributed by atoms with E-state index in [2.05, 4.69) is 29.2 Å². The summed E-state index contributed by atoms with van der Waals surface area (Å²) in [7, 11) is 0. The average molecular weight is 274 g/mol. The Hall–Kier alpha value is -0.900. The van der Waals surface area contributed by atoms with Gasteiger partial charge in [-0.2, -0.15) is 0 Å². The van der Waals surface area contributed by atoms with Crippen LogP contribution in [0.3, 0.4) is 0 Å². The lowest BCUT2D eigenvalue weighted by Crippen LogP contribution is -2.56. The van der Waals surface area contributed by atoms with Crippen molar-refractivity contribution >= 4 is 0 Å². The zero-order chi connectivity index (χ0) is 14.2. The van der Waals surface area contributed by atoms with Gasteiger partial charge in [-0.15, -0.1) is 0 Å². The van der Waals surface area contributed by atoms with Gasteiger partial charge in [-0.05, 0) is 50.2 Å². The van der Waals surface area contributed by atoms with Gasteiger partial charge in [0, 0.05) is 25.2 Å². The summed E-state index contributed by atoms with van der Waals surface area (Å²) in [4.78, 5) is 2.56. The van der Waals surface area contributed by atoms with Crippen LogP contribution in [0.1, 0.15) is 37.3 Å². The van der Waals surface area contributed by atoms with Gasteiger partial charge in [0.25, 0.3) is 0 Å². The molecule has 110 valence electrons. The van der Waals surface area contributed by atoms with Crippen molar-refractivity contribution < 1.29 is 5.11 Å². The SMILES string of the molecule is C[C@H](N)C1(O)CCN([C@@H]2CCc3ccccc3C2)CC1. The minimum atomic E-state index is -0.650. The van der Waals surface area contributed by atoms with E-state index in [0.717, 1.165) is 32.4 Å². The monoisotopic (exact) mass is 274 g/mol. The second-order valence-electron chi connectivity index (χ2n) is 6.59. The number of likely N-dealkylation sites (tertiary alicyclic amines) is 1. The minimum Gasteiger partial charge on any atom is -0.388 e. The molecule has 2 atom stereocenters. The van der Waals surface area contributed by atoms with Crippen LogP contribution < -0.4 is 5.73 Å². The molecule has 0 spiro atoms. The summed E-state index contributed by atoms with van der Waals surface area (Å²) in [6, 6.07) is 9.33. The maximum absolute atomic E-state index is 10.5. The second kappa shape index (κ2) is 5.47. The molecule has 1 aromatic rings. The molecule has 0 bridgehead atoms. The Balaban J connectivity index is 1.63. The average Bonchev–Trinajstić information content (AvgIpc) is 2.47. The quantitative estimate of drug-likeness (QED) is 0.863. The summed E-state index contributed by atoms with van der Waals surface area (Å²) in [6.07, 6.45) is 5.21. The summed E-state index contributed by atoms with van der Waals surface area (Å²) in [5.41, 5.74) is 8.30. The third-order valence-electron chi connectivity index (χ3n) is 5.35. The van der Waals surface area contributed by atoms with Crippen LogP contribution in [0.25, 0.3) is 0 Å². The van der Waals surface area contributed by atoms with E-state index in [-0.39, 0.29) is 6.04 Å². The fourth-order valence-corrected chi connectivity index (χ4v) is 3.72. The van der Waals surface area contributed by atoms with Gasteiger partial charge in [-0.25, -0.2) is 0 Å². The molecule has 0 amide bonds. The molecule has 3 heteroatoms. The number of nitrogens with zero attached hydrogens (tertiary/aromatic N) is 1. The van der Waals surface area contributed by atoms with Crippen molar-refractivity contribution in [3.05, 3.63) is 35.4 Å². The molecule has 20 heavy (non-hydrogen) atoms. The van der Waals surface area contributed by atoms with Crippen LogP contribution in [-0.4, -0.2) is 40.8 Å². The first-order chi connectivity index (χ1) is 9.58. The number of nitrogens with two attached hydrogens (primary N) is 1. The van der Waals surface area contributed by atoms with Crippen LogP contribution in [-0.2, 0) is 12.8 Å². The maximum atomic E-state index is 10.5. The van der Waals surface area contributed by atoms with Gasteiger partial charge in [0.15, 0.2) is 0 Å². The minimum absolute atomic E-state index is 0.128. The molecule has 1 heterocycles. The summed E-state index contributed by atoms with van der Waals surface area (Å²) in [5, 5.41) is 10.5. The highest BCUT2D eigenvalue weighted by Crippen LogP contribution is 2.30. The van der Waals surface area contributed by atoms with Gasteiger partial charge in [-0.1, -0.05) is 24.3 Å². The van der Waals surface area contributed by atoms with Crippen LogP contribution in [0.4, 0.5) is 0 Å². The number of aryl methyl sites for hydroxylation is 1. The highest BCUT2D eigenvalue weighted by atomic mass is 16.3. The number of piperidine rings is 1. The first-order valence-electron chi connectivity index (χ1n) is 7.87. The molecule has 1 aromatic carbocycles. The molecule has 1 saturated heterocycles. The summed E-state index contributed by atoms with van der Waals surface area (Å²) in [6.45, 7) is 3.88. The fraction of sp³-hybridized carbons (Fsp3) is 0.647. The number of rotatable bonds is 2. The number of fused-ring (bicyclic) bond motifs is 1. The van der Waals surface area contributed by atoms with Crippen molar-refractivity contribution in [1.82, 2.24) is 4.90 Å². The van der Waals surface area contributed by atoms with Crippen molar-refractivity contribution in [3.8, 4) is 0 Å². The summed E-state index contributed by atoms with van der Waals surface area (Å²) < 4.78 is 0. The van der Waals surface area contributed by atoms with Crippen molar-refractivity contribution in [2.75, 3.05) is 13.1 Å². The fourth-order valence-electron chi connectivity index (χ4n) is 3.72. The molecule has 2 aliphatic rings. The third-order valence-corrected chi connectivity index (χ3v) is 5.35. The number of hydrogen-bond donors (Lipinski definition) is 2. The lowest BCUT2D eigenvalue weighted by atomic mass is 9.82. The highest BCUT2D eigenvalue weighted by molar-refractivity contribution is 5.30. The summed E-state index contributed by atoms with van der Waals surface area (Å²) >= 11 is 0. The van der Waals surface area contributed by atoms with Crippen LogP contribution in [0, 0.1) is 0 Å². The van der Waals surface area contributed by atoms with Crippen LogP contribution in [0.5, 0.6) is 0 Å². The molecular weight excluding hydrogens is 248 g/mol. The van der Waals surface area contributed by atoms with Gasteiger partial charge >= 0.3 is 0 Å². The molecule has 0 radical (unpaired) electrons. The lowest BCUT2D eigenvalue weighted by molar-refractivity contribution is -0.0463. The molecular formula is C17H26N2O. The molecule has 1 aliphatic carbocycles. The molecule has 1 aliphatic heterocycles. The van der Waals surface area contributed by atoms with Crippen LogP contribution in [0.2, 0.25) is 0 Å². The molecule has 0 saturated carbocycles. The summed E-state index contributed by atoms with van der Waals surface area (Å²) in [5.74, 6) is 0. The van der Waals surface area contributed by atoms with Gasteiger partial charge in [0.05, 0.1) is 5.60 Å². The molecule has 0 aromatic heterocycles. The zero-order valence-corrected chi connectivity index (χ0v) is 12.4. The molecule has 3 N–H and O–H groups in total. The Morgan fingerprint density at radius 1 is 1.25 bits per heavy atom. The molecule has 1 fully saturated rings. The molecule has 3 nitrogen and oxygen atoms in total. The Kier molecular flexibility index (Phi) is 3.85. The van der Waals surface area contributed by atoms with Crippen molar-refractivity contribution in [3.63, 3.8) is 0 Å². The first kappa shape index (κ1) is 14.1. The normalized spacial score (nSPS) is 27.9. The van der Waals surface area contributed by atoms with E-state index in [0.29, 0.717) is 6.04 Å². The topological polar surface area (TPSA) is 49.5 Å². The number of aliphatic hydroxyl groups is 1. The van der Waals surface area contributed by atoms with E-state index < -0.39 is 5.60 Å². The van der Waals surface area contributed by atoms with Gasteiger partial charge in [-0.3, -0.25) is 4.90 Å². The van der Waals surface area contributed by atoms with Crippen molar-refractivity contribution in [2.24, 2.45) is 5.73 Å². The Bertz CT molecular complexity index is 464. The van der Waals surface area contributed by atoms with Crippen LogP contribution in [0.15, 0.2) is 24.3 Å². The molecule has 3 rings (SSSR count). The van der Waals surface area contributed by atoms with E-state index in [1.54, 1.807) is 0 Å². The van der Waals surface area contributed by atoms with Crippen molar-refractivity contribution in [2.45, 2.75) is 56.7 Å². The lowest BCUT2D eigenvalue weighted by Gasteiger charge is -2.44. The Labute approximate surface area is 121 Å². The highest BCUT2D eigenvalue weighted by Gasteiger charge is 2.37. The Morgan fingerprint density at radius 2 is 1.90 bits per heavy atom. The predicted octanol–water partition coefficient (Wildman–Crippen LogP) is 1.72. The van der Waals surface area contributed by atoms with E-state index >= 15 is 0 Å². The van der Waals surface area contributed by atoms with Gasteiger partial charge < -0.3 is 10.8 Å². The van der Waals surface area contributed by atoms with E-state index in [1.165, 1.54) is 24.0 Å². The van der Waals surface area contributed by atoms with Crippen LogP contribution >= 0.6 is 0 Å².